The molecule has 0 radical (unpaired) electrons. The summed E-state index contributed by atoms with van der Waals surface area (Å²) in [4.78, 5) is 12.6. The summed E-state index contributed by atoms with van der Waals surface area (Å²) in [6.07, 6.45) is 0. The van der Waals surface area contributed by atoms with E-state index in [0.29, 0.717) is 5.84 Å². The van der Waals surface area contributed by atoms with Crippen LogP contribution in [0.25, 0.3) is 5.69 Å². The van der Waals surface area contributed by atoms with Crippen LogP contribution in [-0.4, -0.2) is 28.6 Å². The molecule has 7 heteroatoms. The number of rotatable bonds is 4. The fraction of sp³-hybridized carbons (Fsp3) is 0.0938. The molecule has 3 heterocycles. The van der Waals surface area contributed by atoms with Crippen LogP contribution in [0.15, 0.2) is 119 Å². The van der Waals surface area contributed by atoms with Gasteiger partial charge in [0.15, 0.2) is 17.5 Å². The molecule has 2 aliphatic heterocycles. The normalized spacial score (nSPS) is 15.4. The van der Waals surface area contributed by atoms with Gasteiger partial charge in [-0.25, -0.2) is 14.7 Å². The monoisotopic (exact) mass is 510 g/mol. The number of aromatic nitrogens is 2. The van der Waals surface area contributed by atoms with Gasteiger partial charge in [0.2, 0.25) is 0 Å². The van der Waals surface area contributed by atoms with Crippen molar-refractivity contribution in [3.8, 4) is 11.4 Å². The summed E-state index contributed by atoms with van der Waals surface area (Å²) in [5, 5.41) is 8.53. The molecule has 190 valence electrons. The number of fused-ring (bicyclic) bond motifs is 4. The van der Waals surface area contributed by atoms with Crippen LogP contribution in [0.3, 0.4) is 0 Å². The molecule has 0 fully saturated rings. The van der Waals surface area contributed by atoms with Crippen LogP contribution in [0.2, 0.25) is 0 Å². The SMILES string of the molecule is COc1cccc(C2c3c(C)nn(-c4ccccc4)c3N=C3C(Nc4ccccc4)=Nc4ccccc4N32)c1. The molecule has 1 aromatic heterocycles. The molecule has 39 heavy (non-hydrogen) atoms. The van der Waals surface area contributed by atoms with Crippen molar-refractivity contribution in [3.05, 3.63) is 126 Å². The van der Waals surface area contributed by atoms with E-state index < -0.39 is 0 Å². The van der Waals surface area contributed by atoms with Crippen molar-refractivity contribution in [2.45, 2.75) is 13.0 Å². The van der Waals surface area contributed by atoms with Gasteiger partial charge in [0.05, 0.1) is 35.9 Å². The first-order chi connectivity index (χ1) is 19.2. The van der Waals surface area contributed by atoms with Gasteiger partial charge in [0, 0.05) is 11.3 Å². The summed E-state index contributed by atoms with van der Waals surface area (Å²) in [5.41, 5.74) is 6.80. The van der Waals surface area contributed by atoms with Crippen molar-refractivity contribution in [2.75, 3.05) is 17.3 Å². The van der Waals surface area contributed by atoms with Gasteiger partial charge in [0.1, 0.15) is 5.75 Å². The quantitative estimate of drug-likeness (QED) is 0.283. The Morgan fingerprint density at radius 2 is 1.54 bits per heavy atom. The number of ether oxygens (including phenoxy) is 1. The van der Waals surface area contributed by atoms with Crippen molar-refractivity contribution in [1.82, 2.24) is 9.78 Å². The molecule has 0 spiro atoms. The number of hydrogen-bond acceptors (Lipinski definition) is 6. The number of benzene rings is 4. The van der Waals surface area contributed by atoms with Gasteiger partial charge in [-0.1, -0.05) is 60.7 Å². The Morgan fingerprint density at radius 3 is 2.33 bits per heavy atom. The Bertz CT molecular complexity index is 1740. The van der Waals surface area contributed by atoms with E-state index >= 15 is 0 Å². The van der Waals surface area contributed by atoms with Gasteiger partial charge in [-0.15, -0.1) is 0 Å². The zero-order valence-electron chi connectivity index (χ0n) is 21.6. The number of amidine groups is 2. The second-order valence-corrected chi connectivity index (χ2v) is 9.49. The molecule has 0 saturated heterocycles. The smallest absolute Gasteiger partial charge is 0.179 e. The lowest BCUT2D eigenvalue weighted by Crippen LogP contribution is -2.46. The zero-order chi connectivity index (χ0) is 26.3. The third kappa shape index (κ3) is 3.87. The number of para-hydroxylation sites is 4. The Kier molecular flexibility index (Phi) is 5.48. The topological polar surface area (TPSA) is 67.0 Å². The van der Waals surface area contributed by atoms with E-state index in [4.69, 9.17) is 19.8 Å². The summed E-state index contributed by atoms with van der Waals surface area (Å²) < 4.78 is 7.57. The summed E-state index contributed by atoms with van der Waals surface area (Å²) in [5.74, 6) is 3.00. The average molecular weight is 511 g/mol. The summed E-state index contributed by atoms with van der Waals surface area (Å²) >= 11 is 0. The maximum atomic E-state index is 5.64. The van der Waals surface area contributed by atoms with Gasteiger partial charge in [-0.05, 0) is 61.0 Å². The van der Waals surface area contributed by atoms with E-state index in [0.717, 1.165) is 57.0 Å². The first-order valence-electron chi connectivity index (χ1n) is 12.9. The molecular formula is C32H26N6O. The highest BCUT2D eigenvalue weighted by molar-refractivity contribution is 6.51. The van der Waals surface area contributed by atoms with Crippen molar-refractivity contribution in [2.24, 2.45) is 9.98 Å². The highest BCUT2D eigenvalue weighted by Gasteiger charge is 2.41. The largest absolute Gasteiger partial charge is 0.497 e. The van der Waals surface area contributed by atoms with Crippen molar-refractivity contribution < 1.29 is 4.74 Å². The fourth-order valence-electron chi connectivity index (χ4n) is 5.33. The highest BCUT2D eigenvalue weighted by atomic mass is 16.5. The van der Waals surface area contributed by atoms with E-state index in [9.17, 15) is 0 Å². The second-order valence-electron chi connectivity index (χ2n) is 9.49. The van der Waals surface area contributed by atoms with E-state index in [-0.39, 0.29) is 6.04 Å². The maximum Gasteiger partial charge on any atom is 0.179 e. The van der Waals surface area contributed by atoms with Crippen LogP contribution in [0, 0.1) is 6.92 Å². The Hall–Kier alpha value is -5.17. The number of nitrogens with one attached hydrogen (secondary N) is 1. The van der Waals surface area contributed by atoms with Crippen molar-refractivity contribution in [3.63, 3.8) is 0 Å². The summed E-state index contributed by atoms with van der Waals surface area (Å²) in [6, 6.07) is 36.4. The fourth-order valence-corrected chi connectivity index (χ4v) is 5.33. The molecule has 7 rings (SSSR count). The predicted molar refractivity (Wildman–Crippen MR) is 156 cm³/mol. The van der Waals surface area contributed by atoms with Crippen LogP contribution in [0.5, 0.6) is 5.75 Å². The standard InChI is InChI=1S/C32H26N6O/c1-21-28-29(22-12-11-17-25(20-22)39-2)37-27-19-10-9-18-26(27)34-30(33-23-13-5-3-6-14-23)32(37)35-31(28)38(36-21)24-15-7-4-8-16-24/h3-20,29H,1-2H3,(H,33,34). The molecule has 0 saturated carbocycles. The van der Waals surface area contributed by atoms with Crippen LogP contribution in [0.1, 0.15) is 22.9 Å². The minimum absolute atomic E-state index is 0.204. The highest BCUT2D eigenvalue weighted by Crippen LogP contribution is 2.48. The second kappa shape index (κ2) is 9.29. The average Bonchev–Trinajstić information content (AvgIpc) is 3.33. The molecule has 7 nitrogen and oxygen atoms in total. The molecule has 1 unspecified atom stereocenters. The van der Waals surface area contributed by atoms with Crippen LogP contribution >= 0.6 is 0 Å². The van der Waals surface area contributed by atoms with Gasteiger partial charge >= 0.3 is 0 Å². The third-order valence-corrected chi connectivity index (χ3v) is 7.09. The number of hydrogen-bond donors (Lipinski definition) is 1. The molecule has 5 aromatic rings. The number of nitrogens with zero attached hydrogens (tertiary/aromatic N) is 5. The number of methoxy groups -OCH3 is 1. The predicted octanol–water partition coefficient (Wildman–Crippen LogP) is 6.98. The number of aliphatic imine (C=N–C) groups is 2. The van der Waals surface area contributed by atoms with E-state index in [1.165, 1.54) is 0 Å². The lowest BCUT2D eigenvalue weighted by atomic mass is 9.93. The maximum absolute atomic E-state index is 5.64. The molecule has 0 amide bonds. The van der Waals surface area contributed by atoms with Crippen LogP contribution < -0.4 is 15.0 Å². The van der Waals surface area contributed by atoms with Gasteiger partial charge < -0.3 is 15.0 Å². The molecule has 4 aromatic carbocycles. The Morgan fingerprint density at radius 1 is 0.795 bits per heavy atom. The molecule has 0 aliphatic carbocycles. The molecule has 2 aliphatic rings. The van der Waals surface area contributed by atoms with Gasteiger partial charge in [-0.2, -0.15) is 5.10 Å². The van der Waals surface area contributed by atoms with E-state index in [1.807, 2.05) is 95.7 Å². The summed E-state index contributed by atoms with van der Waals surface area (Å²) in [6.45, 7) is 2.05. The van der Waals surface area contributed by atoms with E-state index in [1.54, 1.807) is 7.11 Å². The minimum atomic E-state index is -0.204. The first kappa shape index (κ1) is 23.0. The molecule has 0 bridgehead atoms. The van der Waals surface area contributed by atoms with E-state index in [2.05, 4.69) is 35.3 Å². The Labute approximate surface area is 226 Å². The van der Waals surface area contributed by atoms with Gasteiger partial charge in [0.25, 0.3) is 0 Å². The third-order valence-electron chi connectivity index (χ3n) is 7.09. The number of aryl methyl sites for hydroxylation is 1. The van der Waals surface area contributed by atoms with Crippen LogP contribution in [0.4, 0.5) is 22.9 Å². The van der Waals surface area contributed by atoms with Crippen LogP contribution in [-0.2, 0) is 0 Å². The van der Waals surface area contributed by atoms with Crippen molar-refractivity contribution >= 4 is 34.6 Å². The lowest BCUT2D eigenvalue weighted by molar-refractivity contribution is 0.414. The zero-order valence-corrected chi connectivity index (χ0v) is 21.6. The molecular weight excluding hydrogens is 484 g/mol. The van der Waals surface area contributed by atoms with Crippen molar-refractivity contribution in [1.29, 1.82) is 0 Å². The number of anilines is 2. The Balaban J connectivity index is 1.51. The molecule has 1 atom stereocenters. The van der Waals surface area contributed by atoms with Gasteiger partial charge in [-0.3, -0.25) is 0 Å². The first-order valence-corrected chi connectivity index (χ1v) is 12.9. The lowest BCUT2D eigenvalue weighted by Gasteiger charge is -2.40. The summed E-state index contributed by atoms with van der Waals surface area (Å²) in [7, 11) is 1.70. The molecule has 1 N–H and O–H groups in total. The minimum Gasteiger partial charge on any atom is -0.497 e.